The average molecular weight is 468 g/mol. The molecule has 0 radical (unpaired) electrons. The molecule has 20 heavy (non-hydrogen) atoms. The smallest absolute Gasteiger partial charge is 0.0631 e. The van der Waals surface area contributed by atoms with Crippen molar-refractivity contribution in [1.82, 2.24) is 0 Å². The topological polar surface area (TPSA) is 12.0 Å². The van der Waals surface area contributed by atoms with Crippen LogP contribution in [-0.2, 0) is 0 Å². The van der Waals surface area contributed by atoms with Gasteiger partial charge in [0.25, 0.3) is 0 Å². The summed E-state index contributed by atoms with van der Waals surface area (Å²) in [7, 11) is 0. The van der Waals surface area contributed by atoms with Crippen LogP contribution in [0.1, 0.15) is 46.5 Å². The van der Waals surface area contributed by atoms with Crippen LogP contribution < -0.4 is 5.32 Å². The first-order valence-electron chi connectivity index (χ1n) is 7.18. The first-order chi connectivity index (χ1) is 9.27. The van der Waals surface area contributed by atoms with Crippen molar-refractivity contribution in [1.29, 1.82) is 0 Å². The maximum absolute atomic E-state index is 3.70. The van der Waals surface area contributed by atoms with E-state index in [-0.39, 0.29) is 0 Å². The summed E-state index contributed by atoms with van der Waals surface area (Å²) >= 11 is 10.8. The van der Waals surface area contributed by atoms with Crippen LogP contribution in [0.4, 0.5) is 5.69 Å². The minimum absolute atomic E-state index is 0.448. The van der Waals surface area contributed by atoms with E-state index in [1.54, 1.807) is 0 Å². The van der Waals surface area contributed by atoms with Gasteiger partial charge in [0.1, 0.15) is 0 Å². The molecule has 0 heterocycles. The van der Waals surface area contributed by atoms with Crippen LogP contribution in [0, 0.1) is 11.3 Å². The molecule has 4 heteroatoms. The molecule has 0 amide bonds. The summed E-state index contributed by atoms with van der Waals surface area (Å²) in [4.78, 5) is 0. The van der Waals surface area contributed by atoms with Gasteiger partial charge in [-0.25, -0.2) is 0 Å². The maximum Gasteiger partial charge on any atom is 0.0631 e. The molecule has 1 saturated carbocycles. The molecule has 1 aromatic rings. The highest BCUT2D eigenvalue weighted by Crippen LogP contribution is 2.40. The molecular formula is C16H22Br3N. The van der Waals surface area contributed by atoms with Crippen LogP contribution in [-0.4, -0.2) is 6.04 Å². The monoisotopic (exact) mass is 465 g/mol. The van der Waals surface area contributed by atoms with Crippen molar-refractivity contribution in [3.05, 3.63) is 25.6 Å². The van der Waals surface area contributed by atoms with E-state index in [2.05, 4.69) is 86.0 Å². The zero-order chi connectivity index (χ0) is 14.9. The van der Waals surface area contributed by atoms with Gasteiger partial charge in [0.15, 0.2) is 0 Å². The van der Waals surface area contributed by atoms with Crippen molar-refractivity contribution in [3.8, 4) is 0 Å². The second kappa shape index (κ2) is 6.70. The molecule has 0 unspecified atom stereocenters. The first-order valence-corrected chi connectivity index (χ1v) is 9.56. The normalized spacial score (nSPS) is 23.7. The fourth-order valence-corrected chi connectivity index (χ4v) is 5.48. The molecule has 0 aliphatic heterocycles. The van der Waals surface area contributed by atoms with Gasteiger partial charge in [0.2, 0.25) is 0 Å². The van der Waals surface area contributed by atoms with Gasteiger partial charge in [-0.3, -0.25) is 0 Å². The maximum atomic E-state index is 3.70. The van der Waals surface area contributed by atoms with Gasteiger partial charge >= 0.3 is 0 Å². The van der Waals surface area contributed by atoms with Gasteiger partial charge in [-0.1, -0.05) is 36.7 Å². The minimum atomic E-state index is 0.448. The second-order valence-electron chi connectivity index (χ2n) is 6.80. The second-order valence-corrected chi connectivity index (χ2v) is 9.43. The lowest BCUT2D eigenvalue weighted by Crippen LogP contribution is -2.31. The Morgan fingerprint density at radius 1 is 0.950 bits per heavy atom. The molecule has 1 nitrogen and oxygen atoms in total. The minimum Gasteiger partial charge on any atom is -0.380 e. The Balaban J connectivity index is 2.00. The Labute approximate surface area is 147 Å². The van der Waals surface area contributed by atoms with Crippen molar-refractivity contribution in [2.75, 3.05) is 5.32 Å². The average Bonchev–Trinajstić information content (AvgIpc) is 2.33. The van der Waals surface area contributed by atoms with E-state index >= 15 is 0 Å². The molecule has 1 aliphatic rings. The highest BCUT2D eigenvalue weighted by atomic mass is 79.9. The van der Waals surface area contributed by atoms with Gasteiger partial charge in [-0.2, -0.15) is 0 Å². The van der Waals surface area contributed by atoms with Gasteiger partial charge in [-0.05, 0) is 81.0 Å². The molecular weight excluding hydrogens is 446 g/mol. The Bertz CT molecular complexity index is 448. The Morgan fingerprint density at radius 2 is 1.45 bits per heavy atom. The molecule has 2 rings (SSSR count). The Kier molecular flexibility index (Phi) is 5.64. The molecule has 0 bridgehead atoms. The van der Waals surface area contributed by atoms with Crippen molar-refractivity contribution < 1.29 is 0 Å². The Hall–Kier alpha value is 0.460. The summed E-state index contributed by atoms with van der Waals surface area (Å²) < 4.78 is 3.30. The van der Waals surface area contributed by atoms with E-state index in [1.165, 1.54) is 31.4 Å². The van der Waals surface area contributed by atoms with E-state index < -0.39 is 0 Å². The summed E-state index contributed by atoms with van der Waals surface area (Å²) in [6.45, 7) is 7.11. The standard InChI is InChI=1S/C16H22Br3N/c1-16(2,3)10-4-6-12(7-5-10)20-15-13(18)8-11(17)9-14(15)19/h8-10,12,20H,4-7H2,1-3H3. The highest BCUT2D eigenvalue weighted by Gasteiger charge is 2.29. The zero-order valence-electron chi connectivity index (χ0n) is 12.3. The van der Waals surface area contributed by atoms with E-state index in [1.807, 2.05) is 0 Å². The summed E-state index contributed by atoms with van der Waals surface area (Å²) in [5.74, 6) is 0.859. The molecule has 1 N–H and O–H groups in total. The lowest BCUT2D eigenvalue weighted by atomic mass is 9.71. The predicted molar refractivity (Wildman–Crippen MR) is 98.4 cm³/mol. The summed E-state index contributed by atoms with van der Waals surface area (Å²) in [5, 5.41) is 3.70. The van der Waals surface area contributed by atoms with Crippen molar-refractivity contribution in [3.63, 3.8) is 0 Å². The first kappa shape index (κ1) is 16.8. The highest BCUT2D eigenvalue weighted by molar-refractivity contribution is 9.11. The zero-order valence-corrected chi connectivity index (χ0v) is 17.0. The number of anilines is 1. The van der Waals surface area contributed by atoms with Crippen LogP contribution in [0.3, 0.4) is 0 Å². The van der Waals surface area contributed by atoms with Gasteiger partial charge in [0, 0.05) is 19.5 Å². The van der Waals surface area contributed by atoms with E-state index in [0.29, 0.717) is 11.5 Å². The number of hydrogen-bond acceptors (Lipinski definition) is 1. The molecule has 0 spiro atoms. The van der Waals surface area contributed by atoms with E-state index in [9.17, 15) is 0 Å². The predicted octanol–water partition coefficient (Wildman–Crippen LogP) is 6.99. The van der Waals surface area contributed by atoms with Crippen LogP contribution in [0.2, 0.25) is 0 Å². The number of hydrogen-bond donors (Lipinski definition) is 1. The van der Waals surface area contributed by atoms with Crippen molar-refractivity contribution >= 4 is 53.5 Å². The Morgan fingerprint density at radius 3 is 1.90 bits per heavy atom. The van der Waals surface area contributed by atoms with Crippen molar-refractivity contribution in [2.24, 2.45) is 11.3 Å². The van der Waals surface area contributed by atoms with Crippen LogP contribution >= 0.6 is 47.8 Å². The molecule has 1 aliphatic carbocycles. The van der Waals surface area contributed by atoms with E-state index in [4.69, 9.17) is 0 Å². The molecule has 0 saturated heterocycles. The summed E-state index contributed by atoms with van der Waals surface area (Å²) in [6.07, 6.45) is 5.17. The third-order valence-electron chi connectivity index (χ3n) is 4.31. The third-order valence-corrected chi connectivity index (χ3v) is 6.02. The molecule has 0 aromatic heterocycles. The number of rotatable bonds is 2. The van der Waals surface area contributed by atoms with Crippen LogP contribution in [0.15, 0.2) is 25.6 Å². The molecule has 112 valence electrons. The fraction of sp³-hybridized carbons (Fsp3) is 0.625. The number of nitrogens with one attached hydrogen (secondary N) is 1. The molecule has 1 aromatic carbocycles. The molecule has 0 atom stereocenters. The lowest BCUT2D eigenvalue weighted by Gasteiger charge is -2.37. The summed E-state index contributed by atoms with van der Waals surface area (Å²) in [6, 6.07) is 4.77. The lowest BCUT2D eigenvalue weighted by molar-refractivity contribution is 0.173. The SMILES string of the molecule is CC(C)(C)C1CCC(Nc2c(Br)cc(Br)cc2Br)CC1. The van der Waals surface area contributed by atoms with Gasteiger partial charge in [-0.15, -0.1) is 0 Å². The number of halogens is 3. The van der Waals surface area contributed by atoms with Crippen molar-refractivity contribution in [2.45, 2.75) is 52.5 Å². The fourth-order valence-electron chi connectivity index (χ4n) is 2.99. The van der Waals surface area contributed by atoms with E-state index in [0.717, 1.165) is 19.3 Å². The largest absolute Gasteiger partial charge is 0.380 e. The van der Waals surface area contributed by atoms with Crippen LogP contribution in [0.5, 0.6) is 0 Å². The van der Waals surface area contributed by atoms with Crippen LogP contribution in [0.25, 0.3) is 0 Å². The quantitative estimate of drug-likeness (QED) is 0.494. The molecule has 1 fully saturated rings. The third kappa shape index (κ3) is 4.23. The summed E-state index contributed by atoms with van der Waals surface area (Å²) in [5.41, 5.74) is 1.62. The van der Waals surface area contributed by atoms with Gasteiger partial charge in [0.05, 0.1) is 5.69 Å². The van der Waals surface area contributed by atoms with Gasteiger partial charge < -0.3 is 5.32 Å². The number of benzene rings is 1.